The number of rotatable bonds is 5. The van der Waals surface area contributed by atoms with Gasteiger partial charge < -0.3 is 10.8 Å². The molecule has 1 rings (SSSR count). The van der Waals surface area contributed by atoms with Crippen molar-refractivity contribution >= 4 is 44.9 Å². The number of amides is 1. The zero-order valence-corrected chi connectivity index (χ0v) is 12.6. The number of aromatic carboxylic acids is 1. The van der Waals surface area contributed by atoms with E-state index >= 15 is 0 Å². The van der Waals surface area contributed by atoms with Crippen molar-refractivity contribution in [2.45, 2.75) is 23.5 Å². The van der Waals surface area contributed by atoms with Crippen LogP contribution in [-0.4, -0.2) is 30.7 Å². The van der Waals surface area contributed by atoms with E-state index in [0.29, 0.717) is 0 Å². The minimum atomic E-state index is -4.18. The SMILES string of the molecule is CCC(C(N)=O)S(=O)(=O)c1ccc(Cl)c(C(=O)O)c1Cl. The molecule has 0 saturated carbocycles. The van der Waals surface area contributed by atoms with Crippen molar-refractivity contribution in [2.75, 3.05) is 0 Å². The van der Waals surface area contributed by atoms with Crippen LogP contribution in [0.4, 0.5) is 0 Å². The summed E-state index contributed by atoms with van der Waals surface area (Å²) in [7, 11) is -4.18. The number of carbonyl (C=O) groups is 2. The molecule has 0 aromatic heterocycles. The molecule has 9 heteroatoms. The summed E-state index contributed by atoms with van der Waals surface area (Å²) < 4.78 is 24.6. The third kappa shape index (κ3) is 2.89. The van der Waals surface area contributed by atoms with Gasteiger partial charge in [-0.25, -0.2) is 13.2 Å². The van der Waals surface area contributed by atoms with E-state index < -0.39 is 42.4 Å². The molecule has 1 aromatic rings. The van der Waals surface area contributed by atoms with Crippen LogP contribution in [0, 0.1) is 0 Å². The largest absolute Gasteiger partial charge is 0.478 e. The maximum Gasteiger partial charge on any atom is 0.338 e. The predicted octanol–water partition coefficient (Wildman–Crippen LogP) is 1.73. The van der Waals surface area contributed by atoms with Crippen molar-refractivity contribution in [3.63, 3.8) is 0 Å². The van der Waals surface area contributed by atoms with Gasteiger partial charge in [0, 0.05) is 0 Å². The highest BCUT2D eigenvalue weighted by molar-refractivity contribution is 7.93. The lowest BCUT2D eigenvalue weighted by molar-refractivity contribution is -0.117. The summed E-state index contributed by atoms with van der Waals surface area (Å²) >= 11 is 11.5. The fourth-order valence-electron chi connectivity index (χ4n) is 1.68. The van der Waals surface area contributed by atoms with Crippen LogP contribution in [0.1, 0.15) is 23.7 Å². The first-order valence-corrected chi connectivity index (χ1v) is 7.69. The highest BCUT2D eigenvalue weighted by atomic mass is 35.5. The smallest absolute Gasteiger partial charge is 0.338 e. The third-order valence-corrected chi connectivity index (χ3v) is 5.73. The lowest BCUT2D eigenvalue weighted by Gasteiger charge is -2.15. The van der Waals surface area contributed by atoms with E-state index in [4.69, 9.17) is 34.0 Å². The Morgan fingerprint density at radius 2 is 1.90 bits per heavy atom. The average molecular weight is 340 g/mol. The molecule has 1 amide bonds. The van der Waals surface area contributed by atoms with Crippen molar-refractivity contribution in [1.82, 2.24) is 0 Å². The molecule has 1 aromatic carbocycles. The van der Waals surface area contributed by atoms with E-state index in [-0.39, 0.29) is 11.4 Å². The normalized spacial score (nSPS) is 12.9. The summed E-state index contributed by atoms with van der Waals surface area (Å²) in [5.74, 6) is -2.50. The standard InChI is InChI=1S/C11H11Cl2NO5S/c1-2-6(10(14)15)20(18,19)7-4-3-5(12)8(9(7)13)11(16)17/h3-4,6H,2H2,1H3,(H2,14,15)(H,16,17). The van der Waals surface area contributed by atoms with Gasteiger partial charge in [-0.05, 0) is 18.6 Å². The molecule has 20 heavy (non-hydrogen) atoms. The van der Waals surface area contributed by atoms with Gasteiger partial charge in [0.15, 0.2) is 9.84 Å². The van der Waals surface area contributed by atoms with Gasteiger partial charge in [-0.2, -0.15) is 0 Å². The Hall–Kier alpha value is -1.31. The first-order valence-electron chi connectivity index (χ1n) is 5.39. The molecule has 0 saturated heterocycles. The van der Waals surface area contributed by atoms with Crippen molar-refractivity contribution in [3.05, 3.63) is 27.7 Å². The number of halogens is 2. The van der Waals surface area contributed by atoms with Gasteiger partial charge in [0.1, 0.15) is 5.25 Å². The Balaban J connectivity index is 3.60. The van der Waals surface area contributed by atoms with E-state index in [0.717, 1.165) is 12.1 Å². The zero-order chi connectivity index (χ0) is 15.7. The lowest BCUT2D eigenvalue weighted by atomic mass is 10.2. The molecule has 3 N–H and O–H groups in total. The molecule has 0 heterocycles. The van der Waals surface area contributed by atoms with Crippen LogP contribution in [0.3, 0.4) is 0 Å². The Labute approximate surface area is 125 Å². The number of hydrogen-bond donors (Lipinski definition) is 2. The number of carboxylic acid groups (broad SMARTS) is 1. The number of primary amides is 1. The van der Waals surface area contributed by atoms with E-state index in [1.165, 1.54) is 6.92 Å². The molecule has 1 atom stereocenters. The lowest BCUT2D eigenvalue weighted by Crippen LogP contribution is -2.35. The van der Waals surface area contributed by atoms with Crippen molar-refractivity contribution in [3.8, 4) is 0 Å². The molecule has 1 unspecified atom stereocenters. The minimum Gasteiger partial charge on any atom is -0.478 e. The van der Waals surface area contributed by atoms with Gasteiger partial charge in [0.25, 0.3) is 0 Å². The molecule has 0 aliphatic heterocycles. The van der Waals surface area contributed by atoms with Crippen LogP contribution in [0.5, 0.6) is 0 Å². The summed E-state index contributed by atoms with van der Waals surface area (Å²) in [6, 6.07) is 2.15. The highest BCUT2D eigenvalue weighted by Crippen LogP contribution is 2.33. The van der Waals surface area contributed by atoms with Crippen molar-refractivity contribution in [1.29, 1.82) is 0 Å². The molecule has 0 aliphatic carbocycles. The van der Waals surface area contributed by atoms with Crippen molar-refractivity contribution in [2.24, 2.45) is 5.73 Å². The van der Waals surface area contributed by atoms with Crippen LogP contribution < -0.4 is 5.73 Å². The molecule has 6 nitrogen and oxygen atoms in total. The van der Waals surface area contributed by atoms with E-state index in [2.05, 4.69) is 0 Å². The number of carbonyl (C=O) groups excluding carboxylic acids is 1. The molecular formula is C11H11Cl2NO5S. The summed E-state index contributed by atoms with van der Waals surface area (Å²) in [6.45, 7) is 1.47. The number of carboxylic acids is 1. The average Bonchev–Trinajstić information content (AvgIpc) is 2.27. The first kappa shape index (κ1) is 16.7. The van der Waals surface area contributed by atoms with Crippen LogP contribution in [0.2, 0.25) is 10.0 Å². The van der Waals surface area contributed by atoms with E-state index in [1.54, 1.807) is 0 Å². The summed E-state index contributed by atoms with van der Waals surface area (Å²) in [5.41, 5.74) is 4.51. The second-order valence-corrected chi connectivity index (χ2v) is 6.77. The van der Waals surface area contributed by atoms with Gasteiger partial charge in [-0.3, -0.25) is 4.79 Å². The minimum absolute atomic E-state index is 0.0565. The van der Waals surface area contributed by atoms with Crippen LogP contribution in [0.25, 0.3) is 0 Å². The van der Waals surface area contributed by atoms with Gasteiger partial charge in [0.2, 0.25) is 5.91 Å². The molecule has 0 fully saturated rings. The molecule has 110 valence electrons. The summed E-state index contributed by atoms with van der Waals surface area (Å²) in [6.07, 6.45) is -0.0565. The molecule has 0 aliphatic rings. The predicted molar refractivity (Wildman–Crippen MR) is 73.9 cm³/mol. The second-order valence-electron chi connectivity index (χ2n) is 3.88. The van der Waals surface area contributed by atoms with Gasteiger partial charge in [-0.15, -0.1) is 0 Å². The van der Waals surface area contributed by atoms with E-state index in [1.807, 2.05) is 0 Å². The molecular weight excluding hydrogens is 329 g/mol. The van der Waals surface area contributed by atoms with E-state index in [9.17, 15) is 18.0 Å². The summed E-state index contributed by atoms with van der Waals surface area (Å²) in [4.78, 5) is 21.8. The summed E-state index contributed by atoms with van der Waals surface area (Å²) in [5, 5.41) is 6.77. The topological polar surface area (TPSA) is 115 Å². The Morgan fingerprint density at radius 3 is 2.30 bits per heavy atom. The monoisotopic (exact) mass is 339 g/mol. The fraction of sp³-hybridized carbons (Fsp3) is 0.273. The van der Waals surface area contributed by atoms with Crippen LogP contribution in [0.15, 0.2) is 17.0 Å². The molecule has 0 radical (unpaired) electrons. The Bertz CT molecular complexity index is 672. The maximum absolute atomic E-state index is 12.3. The van der Waals surface area contributed by atoms with Gasteiger partial charge >= 0.3 is 5.97 Å². The molecule has 0 spiro atoms. The number of nitrogens with two attached hydrogens (primary N) is 1. The van der Waals surface area contributed by atoms with Crippen LogP contribution >= 0.6 is 23.2 Å². The van der Waals surface area contributed by atoms with Gasteiger partial charge in [0.05, 0.1) is 20.5 Å². The van der Waals surface area contributed by atoms with Crippen molar-refractivity contribution < 1.29 is 23.1 Å². The third-order valence-electron chi connectivity index (χ3n) is 2.64. The number of hydrogen-bond acceptors (Lipinski definition) is 4. The Morgan fingerprint density at radius 1 is 1.35 bits per heavy atom. The van der Waals surface area contributed by atoms with Crippen LogP contribution in [-0.2, 0) is 14.6 Å². The highest BCUT2D eigenvalue weighted by Gasteiger charge is 2.34. The van der Waals surface area contributed by atoms with Gasteiger partial charge in [-0.1, -0.05) is 30.1 Å². The molecule has 0 bridgehead atoms. The zero-order valence-electron chi connectivity index (χ0n) is 10.3. The first-order chi connectivity index (χ1) is 9.14. The number of benzene rings is 1. The second kappa shape index (κ2) is 5.99. The fourth-order valence-corrected chi connectivity index (χ4v) is 4.19. The number of sulfone groups is 1. The maximum atomic E-state index is 12.3. The quantitative estimate of drug-likeness (QED) is 0.847. The Kier molecular flexibility index (Phi) is 5.01.